The number of nitrogens with zero attached hydrogens (tertiary/aromatic N) is 2. The lowest BCUT2D eigenvalue weighted by atomic mass is 10.1. The third-order valence-electron chi connectivity index (χ3n) is 3.69. The van der Waals surface area contributed by atoms with Gasteiger partial charge >= 0.3 is 6.03 Å². The number of benzene rings is 1. The number of hydrogen-bond donors (Lipinski definition) is 2. The molecule has 0 saturated carbocycles. The SMILES string of the molecule is Cc1ccc(C)c(NC(=O)NCCOc2ccc(-c3cccs3)nn2)c1. The molecule has 0 unspecified atom stereocenters. The third-order valence-corrected chi connectivity index (χ3v) is 4.58. The maximum atomic E-state index is 12.0. The Balaban J connectivity index is 1.42. The van der Waals surface area contributed by atoms with Crippen LogP contribution >= 0.6 is 11.3 Å². The number of carbonyl (C=O) groups is 1. The summed E-state index contributed by atoms with van der Waals surface area (Å²) in [7, 11) is 0. The summed E-state index contributed by atoms with van der Waals surface area (Å²) in [5.41, 5.74) is 3.73. The van der Waals surface area contributed by atoms with Crippen LogP contribution < -0.4 is 15.4 Å². The lowest BCUT2D eigenvalue weighted by Crippen LogP contribution is -2.32. The van der Waals surface area contributed by atoms with E-state index in [0.29, 0.717) is 19.0 Å². The Morgan fingerprint density at radius 3 is 2.77 bits per heavy atom. The second kappa shape index (κ2) is 8.44. The van der Waals surface area contributed by atoms with Gasteiger partial charge in [0.15, 0.2) is 0 Å². The van der Waals surface area contributed by atoms with Crippen molar-refractivity contribution in [1.82, 2.24) is 15.5 Å². The fraction of sp³-hybridized carbons (Fsp3) is 0.211. The summed E-state index contributed by atoms with van der Waals surface area (Å²) >= 11 is 1.61. The van der Waals surface area contributed by atoms with Gasteiger partial charge in [-0.3, -0.25) is 0 Å². The van der Waals surface area contributed by atoms with E-state index in [4.69, 9.17) is 4.74 Å². The Bertz CT molecular complexity index is 864. The number of hydrogen-bond acceptors (Lipinski definition) is 5. The second-order valence-electron chi connectivity index (χ2n) is 5.78. The van der Waals surface area contributed by atoms with Crippen LogP contribution in [0.15, 0.2) is 47.8 Å². The smallest absolute Gasteiger partial charge is 0.319 e. The number of aromatic nitrogens is 2. The van der Waals surface area contributed by atoms with E-state index in [0.717, 1.165) is 27.4 Å². The minimum absolute atomic E-state index is 0.263. The highest BCUT2D eigenvalue weighted by atomic mass is 32.1. The molecule has 2 N–H and O–H groups in total. The number of ether oxygens (including phenoxy) is 1. The Kier molecular flexibility index (Phi) is 5.80. The molecule has 0 saturated heterocycles. The Labute approximate surface area is 156 Å². The number of amides is 2. The molecule has 0 bridgehead atoms. The number of aryl methyl sites for hydroxylation is 2. The van der Waals surface area contributed by atoms with Crippen LogP contribution in [0.3, 0.4) is 0 Å². The molecule has 0 aliphatic carbocycles. The number of carbonyl (C=O) groups excluding carboxylic acids is 1. The van der Waals surface area contributed by atoms with Gasteiger partial charge in [0.1, 0.15) is 12.3 Å². The molecular weight excluding hydrogens is 348 g/mol. The molecule has 0 aliphatic heterocycles. The first-order chi connectivity index (χ1) is 12.6. The van der Waals surface area contributed by atoms with E-state index < -0.39 is 0 Å². The fourth-order valence-corrected chi connectivity index (χ4v) is 3.00. The average Bonchev–Trinajstić information content (AvgIpc) is 3.17. The summed E-state index contributed by atoms with van der Waals surface area (Å²) in [6, 6.07) is 13.3. The molecule has 2 aromatic heterocycles. The van der Waals surface area contributed by atoms with Crippen molar-refractivity contribution in [3.63, 3.8) is 0 Å². The molecule has 0 aliphatic rings. The first-order valence-electron chi connectivity index (χ1n) is 8.24. The van der Waals surface area contributed by atoms with Crippen molar-refractivity contribution < 1.29 is 9.53 Å². The Morgan fingerprint density at radius 1 is 1.15 bits per heavy atom. The molecule has 134 valence electrons. The number of rotatable bonds is 6. The lowest BCUT2D eigenvalue weighted by molar-refractivity contribution is 0.246. The monoisotopic (exact) mass is 368 g/mol. The molecule has 0 spiro atoms. The molecule has 2 amide bonds. The van der Waals surface area contributed by atoms with Gasteiger partial charge in [0.25, 0.3) is 0 Å². The van der Waals surface area contributed by atoms with E-state index in [1.54, 1.807) is 17.4 Å². The molecule has 2 heterocycles. The maximum absolute atomic E-state index is 12.0. The first kappa shape index (κ1) is 17.9. The van der Waals surface area contributed by atoms with Gasteiger partial charge < -0.3 is 15.4 Å². The minimum atomic E-state index is -0.263. The predicted octanol–water partition coefficient (Wildman–Crippen LogP) is 4.02. The molecule has 1 aromatic carbocycles. The highest BCUT2D eigenvalue weighted by molar-refractivity contribution is 7.13. The lowest BCUT2D eigenvalue weighted by Gasteiger charge is -2.11. The molecule has 7 heteroatoms. The van der Waals surface area contributed by atoms with Crippen LogP contribution in [0.4, 0.5) is 10.5 Å². The topological polar surface area (TPSA) is 76.1 Å². The summed E-state index contributed by atoms with van der Waals surface area (Å²) < 4.78 is 5.51. The zero-order valence-electron chi connectivity index (χ0n) is 14.7. The van der Waals surface area contributed by atoms with Crippen molar-refractivity contribution in [3.05, 3.63) is 59.0 Å². The third kappa shape index (κ3) is 4.80. The summed E-state index contributed by atoms with van der Waals surface area (Å²) in [6.45, 7) is 4.62. The van der Waals surface area contributed by atoms with Gasteiger partial charge in [-0.25, -0.2) is 4.79 Å². The van der Waals surface area contributed by atoms with Crippen LogP contribution in [-0.2, 0) is 0 Å². The van der Waals surface area contributed by atoms with Crippen molar-refractivity contribution in [3.8, 4) is 16.5 Å². The normalized spacial score (nSPS) is 10.4. The molecule has 26 heavy (non-hydrogen) atoms. The Morgan fingerprint density at radius 2 is 2.04 bits per heavy atom. The Hall–Kier alpha value is -2.93. The van der Waals surface area contributed by atoms with E-state index in [1.807, 2.05) is 55.6 Å². The van der Waals surface area contributed by atoms with Crippen molar-refractivity contribution in [1.29, 1.82) is 0 Å². The van der Waals surface area contributed by atoms with Crippen LogP contribution in [-0.4, -0.2) is 29.4 Å². The average molecular weight is 368 g/mol. The van der Waals surface area contributed by atoms with Crippen LogP contribution in [0.5, 0.6) is 5.88 Å². The molecule has 0 radical (unpaired) electrons. The largest absolute Gasteiger partial charge is 0.475 e. The van der Waals surface area contributed by atoms with Crippen LogP contribution in [0, 0.1) is 13.8 Å². The van der Waals surface area contributed by atoms with E-state index in [1.165, 1.54) is 0 Å². The van der Waals surface area contributed by atoms with Crippen molar-refractivity contribution in [2.45, 2.75) is 13.8 Å². The molecule has 0 atom stereocenters. The van der Waals surface area contributed by atoms with E-state index >= 15 is 0 Å². The van der Waals surface area contributed by atoms with E-state index in [2.05, 4.69) is 20.8 Å². The standard InChI is InChI=1S/C19H20N4O2S/c1-13-5-6-14(2)16(12-13)21-19(24)20-9-10-25-18-8-7-15(22-23-18)17-4-3-11-26-17/h3-8,11-12H,9-10H2,1-2H3,(H2,20,21,24). The second-order valence-corrected chi connectivity index (χ2v) is 6.73. The van der Waals surface area contributed by atoms with Gasteiger partial charge in [0, 0.05) is 11.8 Å². The fourth-order valence-electron chi connectivity index (χ4n) is 2.31. The number of thiophene rings is 1. The number of urea groups is 1. The maximum Gasteiger partial charge on any atom is 0.319 e. The number of anilines is 1. The minimum Gasteiger partial charge on any atom is -0.475 e. The van der Waals surface area contributed by atoms with Gasteiger partial charge in [-0.1, -0.05) is 18.2 Å². The number of nitrogens with one attached hydrogen (secondary N) is 2. The highest BCUT2D eigenvalue weighted by Crippen LogP contribution is 2.22. The van der Waals surface area contributed by atoms with Crippen molar-refractivity contribution in [2.24, 2.45) is 0 Å². The molecule has 3 aromatic rings. The predicted molar refractivity (Wildman–Crippen MR) is 104 cm³/mol. The van der Waals surface area contributed by atoms with Crippen LogP contribution in [0.1, 0.15) is 11.1 Å². The molecule has 3 rings (SSSR count). The van der Waals surface area contributed by atoms with Gasteiger partial charge in [0.05, 0.1) is 11.4 Å². The quantitative estimate of drug-likeness (QED) is 0.644. The zero-order chi connectivity index (χ0) is 18.4. The zero-order valence-corrected chi connectivity index (χ0v) is 15.5. The van der Waals surface area contributed by atoms with Crippen LogP contribution in [0.25, 0.3) is 10.6 Å². The summed E-state index contributed by atoms with van der Waals surface area (Å²) in [6.07, 6.45) is 0. The van der Waals surface area contributed by atoms with Gasteiger partial charge in [-0.05, 0) is 48.6 Å². The highest BCUT2D eigenvalue weighted by Gasteiger charge is 2.05. The summed E-state index contributed by atoms with van der Waals surface area (Å²) in [5, 5.41) is 15.8. The van der Waals surface area contributed by atoms with E-state index in [9.17, 15) is 4.79 Å². The van der Waals surface area contributed by atoms with Gasteiger partial charge in [-0.2, -0.15) is 0 Å². The van der Waals surface area contributed by atoms with Crippen LogP contribution in [0.2, 0.25) is 0 Å². The molecule has 6 nitrogen and oxygen atoms in total. The van der Waals surface area contributed by atoms with Crippen molar-refractivity contribution in [2.75, 3.05) is 18.5 Å². The molecular formula is C19H20N4O2S. The first-order valence-corrected chi connectivity index (χ1v) is 9.12. The van der Waals surface area contributed by atoms with Gasteiger partial charge in [-0.15, -0.1) is 21.5 Å². The summed E-state index contributed by atoms with van der Waals surface area (Å²) in [4.78, 5) is 13.0. The molecule has 0 fully saturated rings. The summed E-state index contributed by atoms with van der Waals surface area (Å²) in [5.74, 6) is 0.432. The van der Waals surface area contributed by atoms with Gasteiger partial charge in [0.2, 0.25) is 5.88 Å². The van der Waals surface area contributed by atoms with Crippen molar-refractivity contribution >= 4 is 23.1 Å². The van der Waals surface area contributed by atoms with E-state index in [-0.39, 0.29) is 6.03 Å².